The smallest absolute Gasteiger partial charge is 0.337 e. The number of fused-ring (bicyclic) bond motifs is 1. The molecule has 61 heavy (non-hydrogen) atoms. The molecule has 0 saturated carbocycles. The van der Waals surface area contributed by atoms with Crippen LogP contribution < -0.4 is 21.3 Å². The number of carbonyl (C=O) groups excluding carboxylic acids is 2. The average molecular weight is 856 g/mol. The highest BCUT2D eigenvalue weighted by molar-refractivity contribution is 7.92. The van der Waals surface area contributed by atoms with Gasteiger partial charge < -0.3 is 19.7 Å². The van der Waals surface area contributed by atoms with Gasteiger partial charge in [0.2, 0.25) is 0 Å². The van der Waals surface area contributed by atoms with Crippen LogP contribution in [0.1, 0.15) is 34.6 Å². The molecule has 2 N–H and O–H groups in total. The molecule has 1 amide bonds. The zero-order chi connectivity index (χ0) is 43.4. The molecule has 0 radical (unpaired) electrons. The molecular weight excluding hydrogens is 817 g/mol. The number of aromatic nitrogens is 6. The number of methoxy groups -OCH3 is 1. The van der Waals surface area contributed by atoms with Gasteiger partial charge in [-0.1, -0.05) is 18.2 Å². The van der Waals surface area contributed by atoms with Gasteiger partial charge in [-0.25, -0.2) is 46.3 Å². The Hall–Kier alpha value is -6.77. The van der Waals surface area contributed by atoms with E-state index in [1.165, 1.54) is 79.8 Å². The highest BCUT2D eigenvalue weighted by Gasteiger charge is 2.30. The minimum atomic E-state index is -4.43. The topological polar surface area (TPSA) is 210 Å². The van der Waals surface area contributed by atoms with Gasteiger partial charge in [0.15, 0.2) is 5.82 Å². The second kappa shape index (κ2) is 17.8. The van der Waals surface area contributed by atoms with E-state index in [0.717, 1.165) is 4.57 Å². The SMILES string of the molecule is COCc1ncc(-c2ccc(S(=O)(=O)Nc3cc(F)c(C(=O)N[C@@H](Cc4ccc(-n5c(=O)c6ccncc6n(C)c5=O)nc4)C(=O)OC4CCN(C)CC4)cc3F)cc2)cn1. The first-order valence-corrected chi connectivity index (χ1v) is 20.3. The maximum absolute atomic E-state index is 15.6. The van der Waals surface area contributed by atoms with Crippen LogP contribution in [0.25, 0.3) is 27.8 Å². The molecule has 20 heteroatoms. The summed E-state index contributed by atoms with van der Waals surface area (Å²) in [4.78, 5) is 72.1. The molecule has 7 rings (SSSR count). The summed E-state index contributed by atoms with van der Waals surface area (Å²) in [6.07, 6.45) is 7.61. The zero-order valence-electron chi connectivity index (χ0n) is 33.0. The summed E-state index contributed by atoms with van der Waals surface area (Å²) in [6, 6.07) is 9.53. The van der Waals surface area contributed by atoms with Crippen molar-refractivity contribution in [1.82, 2.24) is 39.3 Å². The largest absolute Gasteiger partial charge is 0.461 e. The number of esters is 1. The van der Waals surface area contributed by atoms with E-state index >= 15 is 8.78 Å². The fraction of sp³-hybridized carbons (Fsp3) is 0.268. The molecule has 1 fully saturated rings. The first-order chi connectivity index (χ1) is 29.2. The second-order valence-electron chi connectivity index (χ2n) is 14.3. The van der Waals surface area contributed by atoms with E-state index in [4.69, 9.17) is 9.47 Å². The number of hydrogen-bond acceptors (Lipinski definition) is 13. The summed E-state index contributed by atoms with van der Waals surface area (Å²) in [5.74, 6) is -4.12. The van der Waals surface area contributed by atoms with Crippen molar-refractivity contribution >= 4 is 38.5 Å². The summed E-state index contributed by atoms with van der Waals surface area (Å²) >= 11 is 0. The van der Waals surface area contributed by atoms with Crippen molar-refractivity contribution in [2.45, 2.75) is 42.9 Å². The number of anilines is 1. The lowest BCUT2D eigenvalue weighted by atomic mass is 10.1. The number of sulfonamides is 1. The molecule has 1 aliphatic heterocycles. The normalized spacial score (nSPS) is 14.1. The molecule has 1 atom stereocenters. The van der Waals surface area contributed by atoms with Gasteiger partial charge in [-0.3, -0.25) is 23.9 Å². The van der Waals surface area contributed by atoms with Crippen molar-refractivity contribution in [3.63, 3.8) is 0 Å². The van der Waals surface area contributed by atoms with Crippen LogP contribution in [0, 0.1) is 11.6 Å². The predicted octanol–water partition coefficient (Wildman–Crippen LogP) is 3.14. The first-order valence-electron chi connectivity index (χ1n) is 18.9. The number of hydrogen-bond donors (Lipinski definition) is 2. The Morgan fingerprint density at radius 3 is 2.30 bits per heavy atom. The lowest BCUT2D eigenvalue weighted by Crippen LogP contribution is -2.46. The Morgan fingerprint density at radius 1 is 0.902 bits per heavy atom. The fourth-order valence-corrected chi connectivity index (χ4v) is 7.78. The third-order valence-corrected chi connectivity index (χ3v) is 11.5. The first kappa shape index (κ1) is 42.4. The van der Waals surface area contributed by atoms with Gasteiger partial charge in [0.1, 0.15) is 36.2 Å². The Labute approximate surface area is 347 Å². The van der Waals surface area contributed by atoms with E-state index in [-0.39, 0.29) is 29.1 Å². The summed E-state index contributed by atoms with van der Waals surface area (Å²) in [5.41, 5.74) is -0.964. The van der Waals surface area contributed by atoms with Gasteiger partial charge in [-0.15, -0.1) is 0 Å². The number of rotatable bonds is 13. The minimum Gasteiger partial charge on any atom is -0.461 e. The Balaban J connectivity index is 1.09. The number of ether oxygens (including phenoxy) is 2. The highest BCUT2D eigenvalue weighted by Crippen LogP contribution is 2.26. The number of pyridine rings is 2. The molecule has 0 spiro atoms. The molecule has 17 nitrogen and oxygen atoms in total. The number of nitrogens with zero attached hydrogens (tertiary/aromatic N) is 7. The molecule has 2 aromatic carbocycles. The fourth-order valence-electron chi connectivity index (χ4n) is 6.72. The summed E-state index contributed by atoms with van der Waals surface area (Å²) in [6.45, 7) is 1.54. The molecule has 1 aliphatic rings. The van der Waals surface area contributed by atoms with Crippen LogP contribution in [-0.2, 0) is 44.4 Å². The van der Waals surface area contributed by atoms with Gasteiger partial charge in [0.05, 0.1) is 33.2 Å². The standard InChI is InChI=1S/C41H39F2N9O8S/c1-50-14-11-27(12-15-50)60-40(55)34(16-24-4-9-37(47-19-24)52-39(54)29-10-13-44-22-35(29)51(2)41(52)56)48-38(53)30-17-32(43)33(18-31(30)42)49-61(57,58)28-7-5-25(6-8-28)26-20-45-36(23-59-3)46-21-26/h4-10,13,17-22,27,34,49H,11-12,14-16,23H2,1-3H3,(H,48,53)/t34-/m0/s1. The van der Waals surface area contributed by atoms with E-state index in [1.807, 2.05) is 11.8 Å². The lowest BCUT2D eigenvalue weighted by Gasteiger charge is -2.30. The molecule has 4 aromatic heterocycles. The molecule has 6 aromatic rings. The third-order valence-electron chi connectivity index (χ3n) is 10.1. The van der Waals surface area contributed by atoms with Crippen LogP contribution in [0.5, 0.6) is 0 Å². The second-order valence-corrected chi connectivity index (χ2v) is 16.0. The van der Waals surface area contributed by atoms with Crippen LogP contribution >= 0.6 is 0 Å². The van der Waals surface area contributed by atoms with Crippen LogP contribution in [0.15, 0.2) is 100 Å². The van der Waals surface area contributed by atoms with Crippen molar-refractivity contribution in [2.75, 3.05) is 32.0 Å². The monoisotopic (exact) mass is 855 g/mol. The quantitative estimate of drug-likeness (QED) is 0.160. The Kier molecular flexibility index (Phi) is 12.4. The Morgan fingerprint density at radius 2 is 1.62 bits per heavy atom. The molecular formula is C41H39F2N9O8S. The average Bonchev–Trinajstić information content (AvgIpc) is 3.25. The number of piperidine rings is 1. The van der Waals surface area contributed by atoms with E-state index in [1.54, 1.807) is 12.4 Å². The van der Waals surface area contributed by atoms with Gasteiger partial charge >= 0.3 is 11.7 Å². The van der Waals surface area contributed by atoms with Crippen molar-refractivity contribution in [3.8, 4) is 16.9 Å². The number of benzene rings is 2. The van der Waals surface area contributed by atoms with Gasteiger partial charge in [-0.2, -0.15) is 0 Å². The maximum Gasteiger partial charge on any atom is 0.337 e. The van der Waals surface area contributed by atoms with E-state index in [2.05, 4.69) is 30.2 Å². The number of halogens is 2. The zero-order valence-corrected chi connectivity index (χ0v) is 33.9. The number of amides is 1. The number of carbonyl (C=O) groups is 2. The molecule has 0 unspecified atom stereocenters. The van der Waals surface area contributed by atoms with Crippen LogP contribution in [0.4, 0.5) is 14.5 Å². The van der Waals surface area contributed by atoms with Crippen LogP contribution in [0.3, 0.4) is 0 Å². The summed E-state index contributed by atoms with van der Waals surface area (Å²) in [5, 5.41) is 2.67. The summed E-state index contributed by atoms with van der Waals surface area (Å²) in [7, 11) is 0.496. The van der Waals surface area contributed by atoms with E-state index in [9.17, 15) is 27.6 Å². The van der Waals surface area contributed by atoms with Crippen LogP contribution in [0.2, 0.25) is 0 Å². The molecule has 5 heterocycles. The number of nitrogens with one attached hydrogen (secondary N) is 2. The van der Waals surface area contributed by atoms with E-state index < -0.39 is 68.2 Å². The van der Waals surface area contributed by atoms with Gasteiger partial charge in [0.25, 0.3) is 21.5 Å². The van der Waals surface area contributed by atoms with Crippen molar-refractivity contribution in [3.05, 3.63) is 135 Å². The summed E-state index contributed by atoms with van der Waals surface area (Å²) < 4.78 is 72.4. The van der Waals surface area contributed by atoms with Gasteiger partial charge in [-0.05, 0) is 61.3 Å². The molecule has 316 valence electrons. The third kappa shape index (κ3) is 9.35. The molecule has 0 bridgehead atoms. The number of aryl methyl sites for hydroxylation is 1. The Bertz CT molecular complexity index is 2830. The van der Waals surface area contributed by atoms with Crippen molar-refractivity contribution < 1.29 is 36.3 Å². The highest BCUT2D eigenvalue weighted by atomic mass is 32.2. The molecule has 0 aliphatic carbocycles. The maximum atomic E-state index is 15.6. The minimum absolute atomic E-state index is 0.00724. The predicted molar refractivity (Wildman–Crippen MR) is 217 cm³/mol. The van der Waals surface area contributed by atoms with Crippen molar-refractivity contribution in [2.24, 2.45) is 7.05 Å². The van der Waals surface area contributed by atoms with Crippen LogP contribution in [-0.4, -0.2) is 93.7 Å². The lowest BCUT2D eigenvalue weighted by molar-refractivity contribution is -0.153. The number of likely N-dealkylation sites (tertiary alicyclic amines) is 1. The van der Waals surface area contributed by atoms with Gasteiger partial charge in [0, 0.05) is 70.1 Å². The van der Waals surface area contributed by atoms with Crippen molar-refractivity contribution in [1.29, 1.82) is 0 Å². The van der Waals surface area contributed by atoms with E-state index in [0.29, 0.717) is 66.1 Å². The molecule has 1 saturated heterocycles.